The molecule has 0 amide bonds. The van der Waals surface area contributed by atoms with E-state index < -0.39 is 97.5 Å². The summed E-state index contributed by atoms with van der Waals surface area (Å²) < 4.78 is 67.8. The molecule has 0 aromatic heterocycles. The number of rotatable bonds is 64. The average Bonchev–Trinajstić information content (AvgIpc) is 3.48. The van der Waals surface area contributed by atoms with Crippen molar-refractivity contribution in [2.45, 2.75) is 342 Å². The van der Waals surface area contributed by atoms with Crippen LogP contribution in [-0.4, -0.2) is 96.7 Å². The first-order valence-electron chi connectivity index (χ1n) is 34.0. The highest BCUT2D eigenvalue weighted by Crippen LogP contribution is 2.45. The summed E-state index contributed by atoms with van der Waals surface area (Å²) in [7, 11) is -9.88. The highest BCUT2D eigenvalue weighted by atomic mass is 31.2. The molecule has 0 aromatic rings. The van der Waals surface area contributed by atoms with Crippen molar-refractivity contribution in [3.05, 3.63) is 0 Å². The van der Waals surface area contributed by atoms with Crippen molar-refractivity contribution in [3.63, 3.8) is 0 Å². The molecule has 0 heterocycles. The number of unbranched alkanes of at least 4 members (excludes halogenated alkanes) is 33. The van der Waals surface area contributed by atoms with Gasteiger partial charge in [-0.2, -0.15) is 0 Å². The number of hydrogen-bond donors (Lipinski definition) is 3. The molecule has 0 radical (unpaired) electrons. The van der Waals surface area contributed by atoms with E-state index in [1.165, 1.54) is 135 Å². The lowest BCUT2D eigenvalue weighted by atomic mass is 9.99. The maximum absolute atomic E-state index is 13.0. The molecule has 3 unspecified atom stereocenters. The van der Waals surface area contributed by atoms with E-state index >= 15 is 0 Å². The third-order valence-corrected chi connectivity index (χ3v) is 17.2. The van der Waals surface area contributed by atoms with Gasteiger partial charge in [0, 0.05) is 25.7 Å². The Morgan fingerprint density at radius 3 is 0.905 bits per heavy atom. The predicted octanol–water partition coefficient (Wildman–Crippen LogP) is 18.0. The number of carbonyl (C=O) groups is 4. The molecule has 3 N–H and O–H groups in total. The second-order valence-electron chi connectivity index (χ2n) is 24.2. The van der Waals surface area contributed by atoms with Gasteiger partial charge >= 0.3 is 39.5 Å². The first-order chi connectivity index (χ1) is 40.4. The minimum absolute atomic E-state index is 0.101. The van der Waals surface area contributed by atoms with Gasteiger partial charge in [-0.1, -0.05) is 273 Å². The normalized spacial score (nSPS) is 14.6. The fourth-order valence-electron chi connectivity index (χ4n) is 9.68. The van der Waals surface area contributed by atoms with E-state index in [2.05, 4.69) is 41.5 Å². The zero-order valence-electron chi connectivity index (χ0n) is 54.2. The highest BCUT2D eigenvalue weighted by molar-refractivity contribution is 7.47. The minimum atomic E-state index is -4.94. The van der Waals surface area contributed by atoms with Gasteiger partial charge in [-0.05, 0) is 37.5 Å². The number of phosphoric ester groups is 2. The predicted molar refractivity (Wildman–Crippen MR) is 335 cm³/mol. The summed E-state index contributed by atoms with van der Waals surface area (Å²) in [4.78, 5) is 72.0. The van der Waals surface area contributed by atoms with Crippen LogP contribution in [0.5, 0.6) is 0 Å². The lowest BCUT2D eigenvalue weighted by molar-refractivity contribution is -0.161. The summed E-state index contributed by atoms with van der Waals surface area (Å²) in [5, 5.41) is 10.5. The SMILES string of the molecule is CCCCCCCCCCCCCCC(=O)OC[C@H](COP(=O)(O)OC[C@@H](O)COP(=O)(O)OC[C@@H](COC(=O)CCCCCCC)OC(=O)CCCCCCCCC(C)C)OC(=O)CCCCCCCCCCCCCCCCC(C)CC. The molecule has 0 fully saturated rings. The lowest BCUT2D eigenvalue weighted by Crippen LogP contribution is -2.30. The van der Waals surface area contributed by atoms with Crippen molar-refractivity contribution < 1.29 is 80.2 Å². The molecule has 0 aliphatic heterocycles. The Bertz CT molecular complexity index is 1650. The van der Waals surface area contributed by atoms with Gasteiger partial charge in [0.25, 0.3) is 0 Å². The van der Waals surface area contributed by atoms with Crippen molar-refractivity contribution in [3.8, 4) is 0 Å². The van der Waals surface area contributed by atoms with E-state index in [1.807, 2.05) is 0 Å². The molecule has 0 saturated heterocycles. The number of carbonyl (C=O) groups excluding carboxylic acids is 4. The fraction of sp³-hybridized carbons (Fsp3) is 0.938. The second kappa shape index (κ2) is 57.5. The van der Waals surface area contributed by atoms with Gasteiger partial charge in [0.05, 0.1) is 26.4 Å². The van der Waals surface area contributed by atoms with Crippen molar-refractivity contribution in [1.29, 1.82) is 0 Å². The topological polar surface area (TPSA) is 237 Å². The molecule has 0 aliphatic rings. The monoisotopic (exact) mass is 1240 g/mol. The maximum atomic E-state index is 13.0. The van der Waals surface area contributed by atoms with Crippen LogP contribution in [0, 0.1) is 11.8 Å². The molecule has 0 aliphatic carbocycles. The number of ether oxygens (including phenoxy) is 4. The van der Waals surface area contributed by atoms with Gasteiger partial charge < -0.3 is 33.8 Å². The molecule has 19 heteroatoms. The molecule has 0 saturated carbocycles. The van der Waals surface area contributed by atoms with Crippen LogP contribution >= 0.6 is 15.6 Å². The third-order valence-electron chi connectivity index (χ3n) is 15.3. The first kappa shape index (κ1) is 82.1. The van der Waals surface area contributed by atoms with E-state index in [4.69, 9.17) is 37.0 Å². The Morgan fingerprint density at radius 2 is 0.607 bits per heavy atom. The number of aliphatic hydroxyl groups is 1. The Morgan fingerprint density at radius 1 is 0.345 bits per heavy atom. The molecular weight excluding hydrogens is 1110 g/mol. The van der Waals surface area contributed by atoms with Gasteiger partial charge in [-0.3, -0.25) is 37.3 Å². The highest BCUT2D eigenvalue weighted by Gasteiger charge is 2.30. The molecular formula is C65H126O17P2. The Balaban J connectivity index is 5.15. The Kier molecular flexibility index (Phi) is 56.2. The van der Waals surface area contributed by atoms with Crippen LogP contribution in [0.4, 0.5) is 0 Å². The maximum Gasteiger partial charge on any atom is 0.472 e. The van der Waals surface area contributed by atoms with Gasteiger partial charge in [0.15, 0.2) is 12.2 Å². The number of aliphatic hydroxyl groups excluding tert-OH is 1. The third kappa shape index (κ3) is 57.8. The molecule has 84 heavy (non-hydrogen) atoms. The van der Waals surface area contributed by atoms with E-state index in [0.29, 0.717) is 31.6 Å². The van der Waals surface area contributed by atoms with Gasteiger partial charge in [0.2, 0.25) is 0 Å². The van der Waals surface area contributed by atoms with Gasteiger partial charge in [-0.25, -0.2) is 9.13 Å². The molecule has 0 bridgehead atoms. The van der Waals surface area contributed by atoms with Crippen molar-refractivity contribution in [1.82, 2.24) is 0 Å². The van der Waals surface area contributed by atoms with E-state index in [9.17, 15) is 43.2 Å². The van der Waals surface area contributed by atoms with E-state index in [-0.39, 0.29) is 25.7 Å². The Labute approximate surface area is 511 Å². The van der Waals surface area contributed by atoms with Gasteiger partial charge in [0.1, 0.15) is 19.3 Å². The van der Waals surface area contributed by atoms with Crippen molar-refractivity contribution in [2.24, 2.45) is 11.8 Å². The zero-order chi connectivity index (χ0) is 62.2. The standard InChI is InChI=1S/C65H126O17P2/c1-7-10-12-14-15-16-17-23-26-29-36-42-48-63(68)76-54-61(81-64(69)49-43-37-30-27-24-21-19-18-20-22-25-28-35-40-46-58(6)9-3)56-80-84(73,74)78-52-59(66)51-77-83(71,72)79-55-60(53-75-62(67)47-41-33-13-11-8-2)82-65(70)50-44-38-32-31-34-39-45-57(4)5/h57-61,66H,7-56H2,1-6H3,(H,71,72)(H,73,74)/t58?,59-,60+,61+/m0/s1. The zero-order valence-corrected chi connectivity index (χ0v) is 56.0. The van der Waals surface area contributed by atoms with Crippen molar-refractivity contribution in [2.75, 3.05) is 39.6 Å². The molecule has 0 aromatic carbocycles. The van der Waals surface area contributed by atoms with Crippen LogP contribution in [0.25, 0.3) is 0 Å². The summed E-state index contributed by atoms with van der Waals surface area (Å²) in [6.07, 6.45) is 40.8. The lowest BCUT2D eigenvalue weighted by Gasteiger charge is -2.21. The molecule has 0 spiro atoms. The van der Waals surface area contributed by atoms with Crippen LogP contribution in [0.1, 0.15) is 324 Å². The summed E-state index contributed by atoms with van der Waals surface area (Å²) >= 11 is 0. The summed E-state index contributed by atoms with van der Waals surface area (Å²) in [6.45, 7) is 9.38. The fourth-order valence-corrected chi connectivity index (χ4v) is 11.3. The van der Waals surface area contributed by atoms with Crippen LogP contribution in [0.2, 0.25) is 0 Å². The molecule has 6 atom stereocenters. The molecule has 17 nitrogen and oxygen atoms in total. The van der Waals surface area contributed by atoms with Crippen LogP contribution in [-0.2, 0) is 65.4 Å². The number of esters is 4. The molecule has 0 rings (SSSR count). The largest absolute Gasteiger partial charge is 0.472 e. The summed E-state index contributed by atoms with van der Waals surface area (Å²) in [5.74, 6) is -0.630. The summed E-state index contributed by atoms with van der Waals surface area (Å²) in [6, 6.07) is 0. The smallest absolute Gasteiger partial charge is 0.462 e. The van der Waals surface area contributed by atoms with Crippen LogP contribution in [0.15, 0.2) is 0 Å². The second-order valence-corrected chi connectivity index (χ2v) is 27.1. The number of hydrogen-bond acceptors (Lipinski definition) is 15. The van der Waals surface area contributed by atoms with E-state index in [1.54, 1.807) is 0 Å². The summed E-state index contributed by atoms with van der Waals surface area (Å²) in [5.41, 5.74) is 0. The number of phosphoric acid groups is 2. The molecule has 498 valence electrons. The van der Waals surface area contributed by atoms with Crippen molar-refractivity contribution >= 4 is 39.5 Å². The first-order valence-corrected chi connectivity index (χ1v) is 37.0. The van der Waals surface area contributed by atoms with Crippen LogP contribution in [0.3, 0.4) is 0 Å². The Hall–Kier alpha value is -1.94. The van der Waals surface area contributed by atoms with Crippen LogP contribution < -0.4 is 0 Å². The van der Waals surface area contributed by atoms with E-state index in [0.717, 1.165) is 102 Å². The minimum Gasteiger partial charge on any atom is -0.462 e. The van der Waals surface area contributed by atoms with Gasteiger partial charge in [-0.15, -0.1) is 0 Å². The average molecular weight is 1240 g/mol. The quantitative estimate of drug-likeness (QED) is 0.0222.